The monoisotopic (exact) mass is 704 g/mol. The van der Waals surface area contributed by atoms with Crippen LogP contribution < -0.4 is 22.1 Å². The molecule has 20 nitrogen and oxygen atoms in total. The van der Waals surface area contributed by atoms with Gasteiger partial charge in [0, 0.05) is 7.11 Å². The second-order valence-electron chi connectivity index (χ2n) is 10.9. The molecule has 2 aromatic rings. The van der Waals surface area contributed by atoms with Crippen molar-refractivity contribution in [3.8, 4) is 0 Å². The van der Waals surface area contributed by atoms with Gasteiger partial charge in [-0.2, -0.15) is 0 Å². The summed E-state index contributed by atoms with van der Waals surface area (Å²) in [5, 5.41) is 5.53. The first-order valence-corrected chi connectivity index (χ1v) is 18.0. The van der Waals surface area contributed by atoms with Crippen LogP contribution in [0.2, 0.25) is 0 Å². The van der Waals surface area contributed by atoms with Crippen molar-refractivity contribution in [2.24, 2.45) is 10.7 Å². The summed E-state index contributed by atoms with van der Waals surface area (Å²) in [6.45, 7) is -5.28. The van der Waals surface area contributed by atoms with Gasteiger partial charge in [-0.25, -0.2) is 19.3 Å². The standard InChI is InChI=1S/C21H28BFN10O10P2S/c1-37-13-8-2-38-44(22,35)42-12-7(40-19(9(12)23)32-5-28-10-15(24)26-4-27-16(10)32)3-39-45(36,46)43-14(13)20(41-8)33-6-29-11-17(33)30-21(25)31-18(11)34/h4-9,11-14,17,19-21,30H,2-3,25H2,1H3,(H,31,34)(H,36,46)(H2,24,26,27)/q-1/t7?,8?,9?,11?,12?,13?,14?,17?,19?,20?,21?,44-,45?/m1/s1. The van der Waals surface area contributed by atoms with Crippen LogP contribution in [0.15, 0.2) is 17.6 Å². The lowest BCUT2D eigenvalue weighted by molar-refractivity contribution is -0.130. The Kier molecular flexibility index (Phi) is 8.45. The number of hydrogen-bond acceptors (Lipinski definition) is 18. The highest BCUT2D eigenvalue weighted by atomic mass is 32.5. The zero-order valence-electron chi connectivity index (χ0n) is 23.7. The zero-order valence-corrected chi connectivity index (χ0v) is 26.3. The van der Waals surface area contributed by atoms with E-state index in [1.807, 2.05) is 0 Å². The van der Waals surface area contributed by atoms with Gasteiger partial charge in [0.05, 0.1) is 33.4 Å². The number of alkyl halides is 1. The van der Waals surface area contributed by atoms with E-state index < -0.39 is 101 Å². The number of hydrogen-bond donors (Lipinski definition) is 5. The minimum atomic E-state index is -4.53. The number of amides is 1. The van der Waals surface area contributed by atoms with Crippen LogP contribution in [0.5, 0.6) is 0 Å². The molecule has 5 aliphatic rings. The molecule has 7 rings (SSSR count). The summed E-state index contributed by atoms with van der Waals surface area (Å²) in [4.78, 5) is 41.6. The smallest absolute Gasteiger partial charge is 0.325 e. The third-order valence-corrected chi connectivity index (χ3v) is 10.6. The average Bonchev–Trinajstić information content (AvgIpc) is 3.75. The maximum Gasteiger partial charge on any atom is 0.325 e. The fourth-order valence-electron chi connectivity index (χ4n) is 5.99. The number of nitrogens with zero attached hydrogens (tertiary/aromatic N) is 6. The molecule has 2 bridgehead atoms. The number of aromatic nitrogens is 4. The normalized spacial score (nSPS) is 44.7. The average molecular weight is 704 g/mol. The van der Waals surface area contributed by atoms with E-state index in [2.05, 4.69) is 30.6 Å². The molecule has 5 aliphatic heterocycles. The van der Waals surface area contributed by atoms with Crippen molar-refractivity contribution in [1.82, 2.24) is 35.1 Å². The molecular weight excluding hydrogens is 676 g/mol. The predicted molar refractivity (Wildman–Crippen MR) is 157 cm³/mol. The van der Waals surface area contributed by atoms with Gasteiger partial charge in [-0.1, -0.05) is 0 Å². The van der Waals surface area contributed by atoms with Crippen LogP contribution in [-0.2, 0) is 53.5 Å². The van der Waals surface area contributed by atoms with Crippen LogP contribution in [0.4, 0.5) is 10.2 Å². The number of nitrogens with two attached hydrogens (primary N) is 2. The maximum atomic E-state index is 16.1. The van der Waals surface area contributed by atoms with E-state index in [1.165, 1.54) is 35.6 Å². The summed E-state index contributed by atoms with van der Waals surface area (Å²) < 4.78 is 71.0. The van der Waals surface area contributed by atoms with Crippen molar-refractivity contribution in [3.63, 3.8) is 0 Å². The van der Waals surface area contributed by atoms with E-state index in [1.54, 1.807) is 0 Å². The molecule has 2 aromatic heterocycles. The summed E-state index contributed by atoms with van der Waals surface area (Å²) in [6, 6.07) is -0.884. The Morgan fingerprint density at radius 3 is 2.72 bits per heavy atom. The van der Waals surface area contributed by atoms with E-state index in [9.17, 15) is 14.3 Å². The van der Waals surface area contributed by atoms with Crippen LogP contribution >= 0.6 is 14.2 Å². The molecule has 0 aromatic carbocycles. The Morgan fingerprint density at radius 1 is 1.17 bits per heavy atom. The minimum Gasteiger partial charge on any atom is -0.444 e. The number of carbonyl (C=O) groups excluding carboxylic acids is 1. The Morgan fingerprint density at radius 2 is 1.93 bits per heavy atom. The lowest BCUT2D eigenvalue weighted by Crippen LogP contribution is -2.70. The molecule has 7 N–H and O–H groups in total. The Labute approximate surface area is 265 Å². The number of anilines is 1. The number of ether oxygens (including phenoxy) is 3. The molecule has 0 saturated carbocycles. The topological polar surface area (TPSA) is 254 Å². The van der Waals surface area contributed by atoms with Gasteiger partial charge >= 0.3 is 6.72 Å². The van der Waals surface area contributed by atoms with Crippen LogP contribution in [0.25, 0.3) is 11.2 Å². The fraction of sp³-hybridized carbons (Fsp3) is 0.667. The third-order valence-electron chi connectivity index (χ3n) is 8.02. The lowest BCUT2D eigenvalue weighted by Gasteiger charge is -2.39. The second kappa shape index (κ2) is 12.0. The summed E-state index contributed by atoms with van der Waals surface area (Å²) in [7, 11) is 2.75. The molecular formula is C21H28BFN10O10P2S-. The molecule has 0 spiro atoms. The molecule has 1 amide bonds. The van der Waals surface area contributed by atoms with Crippen molar-refractivity contribution < 1.29 is 50.9 Å². The molecule has 25 heteroatoms. The van der Waals surface area contributed by atoms with Crippen molar-refractivity contribution in [3.05, 3.63) is 12.7 Å². The number of halogens is 1. The van der Waals surface area contributed by atoms with Gasteiger partial charge in [0.2, 0.25) is 0 Å². The Hall–Kier alpha value is -2.24. The summed E-state index contributed by atoms with van der Waals surface area (Å²) in [6.07, 6.45) is -8.69. The summed E-state index contributed by atoms with van der Waals surface area (Å²) in [5.41, 5.74) is 12.1. The van der Waals surface area contributed by atoms with Crippen molar-refractivity contribution in [2.75, 3.05) is 26.1 Å². The van der Waals surface area contributed by atoms with Crippen LogP contribution in [0, 0.1) is 0 Å². The van der Waals surface area contributed by atoms with E-state index in [0.717, 1.165) is 0 Å². The van der Waals surface area contributed by atoms with E-state index in [4.69, 9.17) is 63.1 Å². The third kappa shape index (κ3) is 5.76. The zero-order chi connectivity index (χ0) is 32.5. The summed E-state index contributed by atoms with van der Waals surface area (Å²) in [5.74, 6) is -0.370. The van der Waals surface area contributed by atoms with Crippen molar-refractivity contribution in [1.29, 1.82) is 0 Å². The summed E-state index contributed by atoms with van der Waals surface area (Å²) >= 11 is 5.33. The van der Waals surface area contributed by atoms with E-state index in [-0.39, 0.29) is 17.0 Å². The van der Waals surface area contributed by atoms with E-state index >= 15 is 4.39 Å². The number of carbonyl (C=O) groups is 1. The highest BCUT2D eigenvalue weighted by Gasteiger charge is 2.56. The van der Waals surface area contributed by atoms with Crippen molar-refractivity contribution >= 4 is 62.8 Å². The Balaban J connectivity index is 1.17. The first-order valence-electron chi connectivity index (χ1n) is 13.8. The molecule has 0 aliphatic carbocycles. The first kappa shape index (κ1) is 32.3. The minimum absolute atomic E-state index is 0.0582. The second-order valence-corrected chi connectivity index (χ2v) is 15.2. The van der Waals surface area contributed by atoms with Crippen LogP contribution in [0.1, 0.15) is 6.23 Å². The van der Waals surface area contributed by atoms with Crippen LogP contribution in [-0.4, -0.2) is 131 Å². The number of nitrogen functional groups attached to an aromatic ring is 1. The lowest BCUT2D eigenvalue weighted by atomic mass is 10.1. The maximum absolute atomic E-state index is 16.1. The van der Waals surface area contributed by atoms with Gasteiger partial charge in [-0.3, -0.25) is 29.9 Å². The molecule has 46 heavy (non-hydrogen) atoms. The molecule has 249 valence electrons. The van der Waals surface area contributed by atoms with E-state index in [0.29, 0.717) is 0 Å². The highest BCUT2D eigenvalue weighted by Crippen LogP contribution is 2.53. The SMILES string of the molecule is [B-][P@@]1(=O)OCC2OC(N3C=NC4C(=O)NC(N)NC43)C(OP(O)(=S)OCC3OC(n4cnc5c(N)ncnc54)C(F)C3O1)C2OC. The highest BCUT2D eigenvalue weighted by molar-refractivity contribution is 8.07. The van der Waals surface area contributed by atoms with Gasteiger partial charge in [-0.15, -0.1) is 0 Å². The molecule has 3 radical (unpaired) electrons. The van der Waals surface area contributed by atoms with Gasteiger partial charge in [0.25, 0.3) is 5.91 Å². The molecule has 7 heterocycles. The van der Waals surface area contributed by atoms with Gasteiger partial charge in [0.15, 0.2) is 36.1 Å². The van der Waals surface area contributed by atoms with Crippen molar-refractivity contribution in [2.45, 2.75) is 67.6 Å². The quantitative estimate of drug-likeness (QED) is 0.166. The van der Waals surface area contributed by atoms with Crippen LogP contribution in [0.3, 0.4) is 0 Å². The number of methoxy groups -OCH3 is 1. The predicted octanol–water partition coefficient (Wildman–Crippen LogP) is -2.31. The van der Waals surface area contributed by atoms with Gasteiger partial charge in [0.1, 0.15) is 54.8 Å². The number of aliphatic imine (C=N–C) groups is 1. The molecule has 12 unspecified atom stereocenters. The number of imidazole rings is 1. The molecule has 4 fully saturated rings. The Bertz CT molecular complexity index is 1650. The number of nitrogens with one attached hydrogen (secondary N) is 2. The number of fused-ring (bicyclic) bond motifs is 5. The van der Waals surface area contributed by atoms with Gasteiger partial charge < -0.3 is 60.8 Å². The molecule has 13 atom stereocenters. The van der Waals surface area contributed by atoms with Gasteiger partial charge in [-0.05, 0) is 11.8 Å². The largest absolute Gasteiger partial charge is 0.444 e. The fourth-order valence-corrected chi connectivity index (χ4v) is 8.40. The first-order chi connectivity index (χ1) is 21.9. The molecule has 4 saturated heterocycles. The number of rotatable bonds is 3.